The largest absolute Gasteiger partial charge is 0.465 e. The fourth-order valence-corrected chi connectivity index (χ4v) is 3.72. The molecule has 1 aliphatic heterocycles. The number of piperidine rings is 1. The lowest BCUT2D eigenvalue weighted by molar-refractivity contribution is 0.188. The number of rotatable bonds is 4. The highest BCUT2D eigenvalue weighted by molar-refractivity contribution is 9.10. The van der Waals surface area contributed by atoms with Crippen LogP contribution in [-0.4, -0.2) is 46.8 Å². The third-order valence-electron chi connectivity index (χ3n) is 4.06. The van der Waals surface area contributed by atoms with E-state index in [0.29, 0.717) is 6.54 Å². The van der Waals surface area contributed by atoms with Crippen LogP contribution in [0, 0.1) is 0 Å². The van der Waals surface area contributed by atoms with Crippen LogP contribution in [0.2, 0.25) is 0 Å². The second kappa shape index (κ2) is 6.66. The van der Waals surface area contributed by atoms with Gasteiger partial charge in [-0.3, -0.25) is 0 Å². The van der Waals surface area contributed by atoms with Gasteiger partial charge in [0.2, 0.25) is 0 Å². The van der Waals surface area contributed by atoms with Crippen molar-refractivity contribution in [2.75, 3.05) is 29.9 Å². The van der Waals surface area contributed by atoms with E-state index >= 15 is 0 Å². The second-order valence-electron chi connectivity index (χ2n) is 5.65. The summed E-state index contributed by atoms with van der Waals surface area (Å²) in [6, 6.07) is -0.0575. The number of nitrogens with one attached hydrogen (secondary N) is 3. The molecule has 124 valence electrons. The molecule has 3 rings (SSSR count). The Morgan fingerprint density at radius 2 is 2.43 bits per heavy atom. The Labute approximate surface area is 142 Å². The highest BCUT2D eigenvalue weighted by Crippen LogP contribution is 2.38. The van der Waals surface area contributed by atoms with E-state index < -0.39 is 6.09 Å². The monoisotopic (exact) mass is 381 g/mol. The molecule has 7 nitrogen and oxygen atoms in total. The van der Waals surface area contributed by atoms with Gasteiger partial charge in [-0.15, -0.1) is 0 Å². The number of hydrogen-bond donors (Lipinski definition) is 4. The highest BCUT2D eigenvalue weighted by atomic mass is 79.9. The van der Waals surface area contributed by atoms with Crippen molar-refractivity contribution in [3.05, 3.63) is 16.9 Å². The molecule has 1 amide bonds. The molecule has 1 atom stereocenters. The first kappa shape index (κ1) is 15.9. The smallest absolute Gasteiger partial charge is 0.404 e. The average molecular weight is 382 g/mol. The minimum absolute atomic E-state index is 0.0575. The number of hydrogen-bond acceptors (Lipinski definition) is 4. The molecule has 23 heavy (non-hydrogen) atoms. The van der Waals surface area contributed by atoms with E-state index in [1.165, 1.54) is 0 Å². The summed E-state index contributed by atoms with van der Waals surface area (Å²) >= 11 is 3.61. The number of aromatic nitrogens is 2. The van der Waals surface area contributed by atoms with Gasteiger partial charge in [-0.05, 0) is 35.7 Å². The SMILES string of the molecule is CCNc1c[nH]c2ncc(Br)c(N3CCC[C@@H](NC(=O)O)C3)c12. The van der Waals surface area contributed by atoms with Gasteiger partial charge in [-0.2, -0.15) is 0 Å². The summed E-state index contributed by atoms with van der Waals surface area (Å²) in [5.74, 6) is 0. The van der Waals surface area contributed by atoms with Gasteiger partial charge in [-0.25, -0.2) is 9.78 Å². The number of fused-ring (bicyclic) bond motifs is 1. The lowest BCUT2D eigenvalue weighted by Crippen LogP contribution is -2.47. The predicted molar refractivity (Wildman–Crippen MR) is 94.4 cm³/mol. The van der Waals surface area contributed by atoms with E-state index in [0.717, 1.165) is 52.8 Å². The van der Waals surface area contributed by atoms with Crippen LogP contribution in [-0.2, 0) is 0 Å². The van der Waals surface area contributed by atoms with Gasteiger partial charge in [0, 0.05) is 38.1 Å². The molecule has 8 heteroatoms. The Hall–Kier alpha value is -1.96. The maximum absolute atomic E-state index is 10.9. The van der Waals surface area contributed by atoms with Crippen LogP contribution in [0.3, 0.4) is 0 Å². The molecule has 0 aliphatic carbocycles. The van der Waals surface area contributed by atoms with Crippen molar-refractivity contribution >= 4 is 44.4 Å². The lowest BCUT2D eigenvalue weighted by atomic mass is 10.0. The molecule has 2 aromatic heterocycles. The Kier molecular flexibility index (Phi) is 4.61. The molecule has 1 fully saturated rings. The summed E-state index contributed by atoms with van der Waals surface area (Å²) in [5.41, 5.74) is 2.90. The molecule has 1 saturated heterocycles. The minimum atomic E-state index is -0.967. The first-order valence-corrected chi connectivity index (χ1v) is 8.53. The normalized spacial score (nSPS) is 18.2. The number of anilines is 2. The molecule has 0 radical (unpaired) electrons. The number of H-pyrrole nitrogens is 1. The van der Waals surface area contributed by atoms with E-state index in [2.05, 4.69) is 48.4 Å². The number of pyridine rings is 1. The summed E-state index contributed by atoms with van der Waals surface area (Å²) in [6.07, 6.45) is 4.56. The van der Waals surface area contributed by atoms with Crippen molar-refractivity contribution in [1.82, 2.24) is 15.3 Å². The zero-order chi connectivity index (χ0) is 16.4. The number of aromatic amines is 1. The number of amides is 1. The zero-order valence-electron chi connectivity index (χ0n) is 12.9. The van der Waals surface area contributed by atoms with Crippen LogP contribution in [0.5, 0.6) is 0 Å². The van der Waals surface area contributed by atoms with Crippen molar-refractivity contribution in [2.45, 2.75) is 25.8 Å². The topological polar surface area (TPSA) is 93.3 Å². The highest BCUT2D eigenvalue weighted by Gasteiger charge is 2.25. The van der Waals surface area contributed by atoms with E-state index in [-0.39, 0.29) is 6.04 Å². The Bertz CT molecular complexity index is 717. The summed E-state index contributed by atoms with van der Waals surface area (Å²) in [7, 11) is 0. The molecule has 4 N–H and O–H groups in total. The van der Waals surface area contributed by atoms with Gasteiger partial charge < -0.3 is 25.6 Å². The van der Waals surface area contributed by atoms with Crippen LogP contribution >= 0.6 is 15.9 Å². The van der Waals surface area contributed by atoms with E-state index in [4.69, 9.17) is 5.11 Å². The van der Waals surface area contributed by atoms with Gasteiger partial charge >= 0.3 is 6.09 Å². The number of carbonyl (C=O) groups is 1. The minimum Gasteiger partial charge on any atom is -0.465 e. The summed E-state index contributed by atoms with van der Waals surface area (Å²) in [6.45, 7) is 4.42. The Morgan fingerprint density at radius 3 is 3.17 bits per heavy atom. The molecule has 3 heterocycles. The van der Waals surface area contributed by atoms with Crippen LogP contribution in [0.4, 0.5) is 16.2 Å². The molecule has 0 aromatic carbocycles. The van der Waals surface area contributed by atoms with Crippen molar-refractivity contribution in [3.63, 3.8) is 0 Å². The van der Waals surface area contributed by atoms with Crippen LogP contribution < -0.4 is 15.5 Å². The van der Waals surface area contributed by atoms with Gasteiger partial charge in [0.15, 0.2) is 0 Å². The van der Waals surface area contributed by atoms with E-state index in [1.807, 2.05) is 6.20 Å². The maximum atomic E-state index is 10.9. The summed E-state index contributed by atoms with van der Waals surface area (Å²) < 4.78 is 0.916. The van der Waals surface area contributed by atoms with Crippen LogP contribution in [0.15, 0.2) is 16.9 Å². The van der Waals surface area contributed by atoms with Crippen molar-refractivity contribution in [1.29, 1.82) is 0 Å². The molecular formula is C15H20BrN5O2. The molecule has 0 spiro atoms. The first-order chi connectivity index (χ1) is 11.1. The lowest BCUT2D eigenvalue weighted by Gasteiger charge is -2.35. The summed E-state index contributed by atoms with van der Waals surface area (Å²) in [4.78, 5) is 20.8. The van der Waals surface area contributed by atoms with Crippen molar-refractivity contribution in [2.24, 2.45) is 0 Å². The third kappa shape index (κ3) is 3.21. The van der Waals surface area contributed by atoms with Crippen LogP contribution in [0.25, 0.3) is 11.0 Å². The number of nitrogens with zero attached hydrogens (tertiary/aromatic N) is 2. The van der Waals surface area contributed by atoms with E-state index in [1.54, 1.807) is 6.20 Å². The Balaban J connectivity index is 1.99. The fourth-order valence-electron chi connectivity index (χ4n) is 3.17. The second-order valence-corrected chi connectivity index (χ2v) is 6.50. The van der Waals surface area contributed by atoms with Crippen LogP contribution in [0.1, 0.15) is 19.8 Å². The number of halogens is 1. The molecule has 0 bridgehead atoms. The molecule has 1 aliphatic rings. The molecule has 0 unspecified atom stereocenters. The fraction of sp³-hybridized carbons (Fsp3) is 0.467. The van der Waals surface area contributed by atoms with Gasteiger partial charge in [0.25, 0.3) is 0 Å². The van der Waals surface area contributed by atoms with E-state index in [9.17, 15) is 4.79 Å². The van der Waals surface area contributed by atoms with Crippen molar-refractivity contribution < 1.29 is 9.90 Å². The van der Waals surface area contributed by atoms with Gasteiger partial charge in [0.05, 0.1) is 21.2 Å². The summed E-state index contributed by atoms with van der Waals surface area (Å²) in [5, 5.41) is 16.0. The zero-order valence-corrected chi connectivity index (χ0v) is 14.5. The molecule has 2 aromatic rings. The predicted octanol–water partition coefficient (Wildman–Crippen LogP) is 2.99. The van der Waals surface area contributed by atoms with Gasteiger partial charge in [-0.1, -0.05) is 0 Å². The average Bonchev–Trinajstić information content (AvgIpc) is 2.90. The molecule has 0 saturated carbocycles. The van der Waals surface area contributed by atoms with Gasteiger partial charge in [0.1, 0.15) is 5.65 Å². The number of carboxylic acid groups (broad SMARTS) is 1. The third-order valence-corrected chi connectivity index (χ3v) is 4.64. The van der Waals surface area contributed by atoms with Crippen molar-refractivity contribution in [3.8, 4) is 0 Å². The molecular weight excluding hydrogens is 362 g/mol. The maximum Gasteiger partial charge on any atom is 0.404 e. The standard InChI is InChI=1S/C15H20BrN5O2/c1-2-17-11-7-19-14-12(11)13(10(16)6-18-14)21-5-3-4-9(8-21)20-15(22)23/h6-7,9,17,20H,2-5,8H2,1H3,(H,18,19)(H,22,23)/t9-/m1/s1. The quantitative estimate of drug-likeness (QED) is 0.653. The first-order valence-electron chi connectivity index (χ1n) is 7.74. The Morgan fingerprint density at radius 1 is 1.61 bits per heavy atom.